The average molecular weight is 342 g/mol. The highest BCUT2D eigenvalue weighted by molar-refractivity contribution is 5.67. The van der Waals surface area contributed by atoms with Crippen LogP contribution in [0.3, 0.4) is 0 Å². The molecule has 1 amide bonds. The van der Waals surface area contributed by atoms with Gasteiger partial charge < -0.3 is 20.3 Å². The molecule has 24 heavy (non-hydrogen) atoms. The maximum Gasteiger partial charge on any atom is 0.407 e. The molecule has 1 rings (SSSR count). The van der Waals surface area contributed by atoms with E-state index in [2.05, 4.69) is 5.32 Å². The highest BCUT2D eigenvalue weighted by Crippen LogP contribution is 2.23. The molecule has 8 heteroatoms. The number of rotatable bonds is 5. The number of amides is 1. The Balaban J connectivity index is 2.61. The first-order chi connectivity index (χ1) is 11.0. The Kier molecular flexibility index (Phi) is 6.63. The molecule has 0 saturated heterocycles. The van der Waals surface area contributed by atoms with Gasteiger partial charge in [-0.05, 0) is 44.9 Å². The van der Waals surface area contributed by atoms with Crippen LogP contribution in [0.1, 0.15) is 44.4 Å². The summed E-state index contributed by atoms with van der Waals surface area (Å²) in [6.45, 7) is 5.08. The minimum atomic E-state index is -1.57. The Morgan fingerprint density at radius 1 is 1.33 bits per heavy atom. The normalized spacial score (nSPS) is 13.8. The van der Waals surface area contributed by atoms with Crippen LogP contribution in [0.15, 0.2) is 12.1 Å². The first kappa shape index (κ1) is 19.8. The topological polar surface area (TPSA) is 103 Å². The third-order valence-corrected chi connectivity index (χ3v) is 2.99. The van der Waals surface area contributed by atoms with E-state index in [0.29, 0.717) is 0 Å². The van der Waals surface area contributed by atoms with E-state index in [4.69, 9.17) is 10.00 Å². The molecule has 0 aromatic heterocycles. The van der Waals surface area contributed by atoms with Crippen LogP contribution in [0.25, 0.3) is 0 Å². The number of nitriles is 1. The van der Waals surface area contributed by atoms with Gasteiger partial charge in [0, 0.05) is 6.54 Å². The van der Waals surface area contributed by atoms with Gasteiger partial charge in [-0.1, -0.05) is 0 Å². The lowest BCUT2D eigenvalue weighted by Gasteiger charge is -2.21. The largest absolute Gasteiger partial charge is 0.444 e. The molecule has 0 radical (unpaired) electrons. The van der Waals surface area contributed by atoms with Crippen molar-refractivity contribution < 1.29 is 28.5 Å². The quantitative estimate of drug-likeness (QED) is 0.761. The van der Waals surface area contributed by atoms with Crippen LogP contribution >= 0.6 is 0 Å². The van der Waals surface area contributed by atoms with Crippen LogP contribution in [0.4, 0.5) is 13.6 Å². The number of halogens is 2. The highest BCUT2D eigenvalue weighted by Gasteiger charge is 2.22. The Morgan fingerprint density at radius 2 is 1.88 bits per heavy atom. The number of nitrogens with one attached hydrogen (secondary N) is 1. The minimum absolute atomic E-state index is 0.00557. The zero-order chi connectivity index (χ0) is 18.5. The average Bonchev–Trinajstić information content (AvgIpc) is 2.44. The van der Waals surface area contributed by atoms with E-state index >= 15 is 0 Å². The maximum atomic E-state index is 13.5. The van der Waals surface area contributed by atoms with E-state index in [0.717, 1.165) is 12.1 Å². The van der Waals surface area contributed by atoms with Crippen molar-refractivity contribution in [2.45, 2.75) is 45.0 Å². The molecule has 6 nitrogen and oxygen atoms in total. The van der Waals surface area contributed by atoms with E-state index in [9.17, 15) is 23.8 Å². The van der Waals surface area contributed by atoms with E-state index < -0.39 is 41.1 Å². The molecule has 1 aromatic rings. The second-order valence-electron chi connectivity index (χ2n) is 6.20. The molecule has 0 saturated carbocycles. The predicted octanol–water partition coefficient (Wildman–Crippen LogP) is 2.15. The van der Waals surface area contributed by atoms with Gasteiger partial charge in [-0.3, -0.25) is 0 Å². The molecule has 0 bridgehead atoms. The van der Waals surface area contributed by atoms with Crippen molar-refractivity contribution in [3.8, 4) is 6.07 Å². The van der Waals surface area contributed by atoms with Gasteiger partial charge in [0.1, 0.15) is 35.0 Å². The molecule has 2 atom stereocenters. The third kappa shape index (κ3) is 5.76. The van der Waals surface area contributed by atoms with Crippen molar-refractivity contribution in [3.05, 3.63) is 34.9 Å². The number of carbonyl (C=O) groups excluding carboxylic acids is 1. The number of nitrogens with zero attached hydrogens (tertiary/aromatic N) is 1. The summed E-state index contributed by atoms with van der Waals surface area (Å²) in [5, 5.41) is 30.8. The second kappa shape index (κ2) is 8.04. The molecule has 2 unspecified atom stereocenters. The van der Waals surface area contributed by atoms with Crippen molar-refractivity contribution in [2.24, 2.45) is 0 Å². The van der Waals surface area contributed by atoms with Gasteiger partial charge in [-0.15, -0.1) is 0 Å². The number of hydrogen-bond acceptors (Lipinski definition) is 5. The molecule has 0 aliphatic rings. The van der Waals surface area contributed by atoms with Gasteiger partial charge in [-0.25, -0.2) is 13.6 Å². The predicted molar refractivity (Wildman–Crippen MR) is 80.9 cm³/mol. The monoisotopic (exact) mass is 342 g/mol. The Hall–Kier alpha value is -2.24. The summed E-state index contributed by atoms with van der Waals surface area (Å²) < 4.78 is 32.0. The first-order valence-corrected chi connectivity index (χ1v) is 7.27. The van der Waals surface area contributed by atoms with E-state index in [1.165, 1.54) is 6.07 Å². The Bertz CT molecular complexity index is 615. The van der Waals surface area contributed by atoms with Crippen molar-refractivity contribution in [3.63, 3.8) is 0 Å². The molecule has 3 N–H and O–H groups in total. The van der Waals surface area contributed by atoms with Gasteiger partial charge in [0.2, 0.25) is 0 Å². The molecule has 0 aliphatic carbocycles. The number of hydrogen-bond donors (Lipinski definition) is 3. The number of aliphatic hydroxyl groups excluding tert-OH is 2. The molecular formula is C16H20F2N2O4. The number of carbonyl (C=O) groups is 1. The van der Waals surface area contributed by atoms with Crippen LogP contribution < -0.4 is 5.32 Å². The lowest BCUT2D eigenvalue weighted by molar-refractivity contribution is 0.0120. The van der Waals surface area contributed by atoms with Crippen molar-refractivity contribution in [1.82, 2.24) is 5.32 Å². The third-order valence-electron chi connectivity index (χ3n) is 2.99. The highest BCUT2D eigenvalue weighted by atomic mass is 19.1. The van der Waals surface area contributed by atoms with Gasteiger partial charge in [0.05, 0.1) is 6.10 Å². The number of benzene rings is 1. The summed E-state index contributed by atoms with van der Waals surface area (Å²) >= 11 is 0. The zero-order valence-electron chi connectivity index (χ0n) is 13.6. The lowest BCUT2D eigenvalue weighted by Crippen LogP contribution is -2.34. The first-order valence-electron chi connectivity index (χ1n) is 7.27. The van der Waals surface area contributed by atoms with Crippen molar-refractivity contribution >= 4 is 6.09 Å². The van der Waals surface area contributed by atoms with E-state index in [-0.39, 0.29) is 18.5 Å². The summed E-state index contributed by atoms with van der Waals surface area (Å²) in [6.07, 6.45) is -3.68. The Labute approximate surface area is 138 Å². The van der Waals surface area contributed by atoms with Gasteiger partial charge in [0.25, 0.3) is 0 Å². The summed E-state index contributed by atoms with van der Waals surface area (Å²) in [7, 11) is 0. The Morgan fingerprint density at radius 3 is 2.33 bits per heavy atom. The van der Waals surface area contributed by atoms with Crippen LogP contribution in [0.5, 0.6) is 0 Å². The number of ether oxygens (including phenoxy) is 1. The van der Waals surface area contributed by atoms with Crippen LogP contribution in [-0.2, 0) is 4.74 Å². The summed E-state index contributed by atoms with van der Waals surface area (Å²) in [4.78, 5) is 11.4. The van der Waals surface area contributed by atoms with E-state index in [1.807, 2.05) is 0 Å². The molecular weight excluding hydrogens is 322 g/mol. The number of aliphatic hydroxyl groups is 2. The molecule has 0 fully saturated rings. The van der Waals surface area contributed by atoms with Crippen molar-refractivity contribution in [2.75, 3.05) is 6.54 Å². The molecule has 132 valence electrons. The zero-order valence-corrected chi connectivity index (χ0v) is 13.6. The summed E-state index contributed by atoms with van der Waals surface area (Å²) in [5.74, 6) is -2.24. The summed E-state index contributed by atoms with van der Waals surface area (Å²) in [6, 6.07) is 2.95. The van der Waals surface area contributed by atoms with Gasteiger partial charge in [-0.2, -0.15) is 5.26 Å². The lowest BCUT2D eigenvalue weighted by atomic mass is 10.00. The fourth-order valence-electron chi connectivity index (χ4n) is 1.89. The second-order valence-corrected chi connectivity index (χ2v) is 6.20. The van der Waals surface area contributed by atoms with Gasteiger partial charge >= 0.3 is 6.09 Å². The number of alkyl carbamates (subject to hydrolysis) is 1. The minimum Gasteiger partial charge on any atom is -0.444 e. The van der Waals surface area contributed by atoms with Crippen LogP contribution in [0.2, 0.25) is 0 Å². The fourth-order valence-corrected chi connectivity index (χ4v) is 1.89. The SMILES string of the molecule is CC(C)(C)OC(=O)NCCC(O)C(O)c1cc(F)c(C#N)c(F)c1. The smallest absolute Gasteiger partial charge is 0.407 e. The standard InChI is InChI=1S/C16H20F2N2O4/c1-16(2,3)24-15(23)20-5-4-13(21)14(22)9-6-11(17)10(8-19)12(18)7-9/h6-7,13-14,21-22H,4-5H2,1-3H3,(H,20,23). The molecule has 1 aromatic carbocycles. The van der Waals surface area contributed by atoms with Crippen LogP contribution in [0, 0.1) is 23.0 Å². The van der Waals surface area contributed by atoms with Crippen molar-refractivity contribution in [1.29, 1.82) is 5.26 Å². The fraction of sp³-hybridized carbons (Fsp3) is 0.500. The molecule has 0 aliphatic heterocycles. The van der Waals surface area contributed by atoms with Crippen LogP contribution in [-0.4, -0.2) is 34.6 Å². The summed E-state index contributed by atoms with van der Waals surface area (Å²) in [5.41, 5.74) is -1.62. The molecule has 0 heterocycles. The molecule has 0 spiro atoms. The van der Waals surface area contributed by atoms with Gasteiger partial charge in [0.15, 0.2) is 0 Å². The maximum absolute atomic E-state index is 13.5. The van der Waals surface area contributed by atoms with E-state index in [1.54, 1.807) is 20.8 Å².